The van der Waals surface area contributed by atoms with Crippen LogP contribution in [-0.4, -0.2) is 9.55 Å². The summed E-state index contributed by atoms with van der Waals surface area (Å²) in [4.78, 5) is 4.68. The van der Waals surface area contributed by atoms with Crippen LogP contribution >= 0.6 is 0 Å². The molecule has 0 amide bonds. The van der Waals surface area contributed by atoms with Crippen LogP contribution < -0.4 is 0 Å². The summed E-state index contributed by atoms with van der Waals surface area (Å²) < 4.78 is 2.21. The fourth-order valence-corrected chi connectivity index (χ4v) is 2.10. The van der Waals surface area contributed by atoms with Crippen LogP contribution in [0.1, 0.15) is 64.8 Å². The molecule has 0 aliphatic carbocycles. The Balaban J connectivity index is 0.000000771. The summed E-state index contributed by atoms with van der Waals surface area (Å²) in [5.74, 6) is 2.21. The van der Waals surface area contributed by atoms with Crippen molar-refractivity contribution < 1.29 is 0 Å². The topological polar surface area (TPSA) is 17.8 Å². The van der Waals surface area contributed by atoms with Gasteiger partial charge in [-0.15, -0.1) is 0 Å². The van der Waals surface area contributed by atoms with Crippen LogP contribution in [-0.2, 0) is 7.05 Å². The van der Waals surface area contributed by atoms with Crippen molar-refractivity contribution >= 4 is 11.0 Å². The Bertz CT molecular complexity index is 507. The van der Waals surface area contributed by atoms with E-state index in [1.807, 2.05) is 13.8 Å². The first-order valence-electron chi connectivity index (χ1n) is 6.97. The second kappa shape index (κ2) is 6.03. The maximum Gasteiger partial charge on any atom is 0.112 e. The van der Waals surface area contributed by atoms with Crippen LogP contribution in [0.4, 0.5) is 0 Å². The number of hydrogen-bond acceptors (Lipinski definition) is 1. The van der Waals surface area contributed by atoms with E-state index < -0.39 is 0 Å². The number of aryl methyl sites for hydroxylation is 1. The van der Waals surface area contributed by atoms with Crippen LogP contribution in [0.5, 0.6) is 0 Å². The molecule has 0 atom stereocenters. The van der Waals surface area contributed by atoms with Crippen LogP contribution in [0.2, 0.25) is 0 Å². The van der Waals surface area contributed by atoms with Gasteiger partial charge in [0.05, 0.1) is 11.0 Å². The lowest BCUT2D eigenvalue weighted by molar-refractivity contribution is 0.722. The van der Waals surface area contributed by atoms with E-state index >= 15 is 0 Å². The fraction of sp³-hybridized carbons (Fsp3) is 0.562. The van der Waals surface area contributed by atoms with Gasteiger partial charge in [-0.05, 0) is 23.6 Å². The molecule has 0 bridgehead atoms. The van der Waals surface area contributed by atoms with Gasteiger partial charge in [-0.25, -0.2) is 4.98 Å². The summed E-state index contributed by atoms with van der Waals surface area (Å²) in [7, 11) is 2.11. The van der Waals surface area contributed by atoms with E-state index in [9.17, 15) is 0 Å². The number of hydrogen-bond donors (Lipinski definition) is 0. The number of aromatic nitrogens is 2. The molecule has 0 unspecified atom stereocenters. The van der Waals surface area contributed by atoms with Crippen LogP contribution in [0.15, 0.2) is 18.2 Å². The van der Waals surface area contributed by atoms with Crippen LogP contribution in [0.3, 0.4) is 0 Å². The number of nitrogens with zero attached hydrogens (tertiary/aromatic N) is 2. The first-order valence-corrected chi connectivity index (χ1v) is 6.97. The van der Waals surface area contributed by atoms with Gasteiger partial charge >= 0.3 is 0 Å². The van der Waals surface area contributed by atoms with Crippen molar-refractivity contribution in [3.8, 4) is 0 Å². The summed E-state index contributed by atoms with van der Waals surface area (Å²) in [6.07, 6.45) is 0. The molecule has 2 aromatic rings. The molecule has 0 N–H and O–H groups in total. The van der Waals surface area contributed by atoms with E-state index in [0.29, 0.717) is 11.8 Å². The van der Waals surface area contributed by atoms with Crippen molar-refractivity contribution in [1.82, 2.24) is 9.55 Å². The SMILES string of the molecule is CC.CC(C)c1ccc2nc(C(C)C)n(C)c2c1. The smallest absolute Gasteiger partial charge is 0.112 e. The lowest BCUT2D eigenvalue weighted by Crippen LogP contribution is -1.99. The molecule has 0 fully saturated rings. The lowest BCUT2D eigenvalue weighted by atomic mass is 10.0. The standard InChI is InChI=1S/C14H20N2.C2H6/c1-9(2)11-6-7-12-13(8-11)16(5)14(15-12)10(3)4;1-2/h6-10H,1-5H3;1-2H3. The summed E-state index contributed by atoms with van der Waals surface area (Å²) in [5, 5.41) is 0. The third-order valence-electron chi connectivity index (χ3n) is 3.12. The summed E-state index contributed by atoms with van der Waals surface area (Å²) in [6, 6.07) is 6.58. The van der Waals surface area contributed by atoms with Gasteiger partial charge in [0.25, 0.3) is 0 Å². The summed E-state index contributed by atoms with van der Waals surface area (Å²) >= 11 is 0. The van der Waals surface area contributed by atoms with Crippen molar-refractivity contribution in [1.29, 1.82) is 0 Å². The molecular formula is C16H26N2. The third-order valence-corrected chi connectivity index (χ3v) is 3.12. The van der Waals surface area contributed by atoms with Gasteiger partial charge in [0.1, 0.15) is 5.82 Å². The molecule has 1 heterocycles. The Morgan fingerprint density at radius 1 is 1.00 bits per heavy atom. The monoisotopic (exact) mass is 246 g/mol. The minimum atomic E-state index is 0.472. The molecular weight excluding hydrogens is 220 g/mol. The maximum absolute atomic E-state index is 4.68. The van der Waals surface area contributed by atoms with Gasteiger partial charge < -0.3 is 4.57 Å². The number of benzene rings is 1. The number of rotatable bonds is 2. The van der Waals surface area contributed by atoms with Crippen LogP contribution in [0.25, 0.3) is 11.0 Å². The van der Waals surface area contributed by atoms with Crippen molar-refractivity contribution in [2.24, 2.45) is 7.05 Å². The Hall–Kier alpha value is -1.31. The highest BCUT2D eigenvalue weighted by atomic mass is 15.1. The minimum absolute atomic E-state index is 0.472. The van der Waals surface area contributed by atoms with E-state index in [-0.39, 0.29) is 0 Å². The van der Waals surface area contributed by atoms with Crippen molar-refractivity contribution in [3.63, 3.8) is 0 Å². The van der Waals surface area contributed by atoms with E-state index in [2.05, 4.69) is 62.5 Å². The van der Waals surface area contributed by atoms with Gasteiger partial charge in [-0.3, -0.25) is 0 Å². The molecule has 2 rings (SSSR count). The molecule has 0 saturated heterocycles. The molecule has 18 heavy (non-hydrogen) atoms. The Morgan fingerprint density at radius 2 is 1.61 bits per heavy atom. The average molecular weight is 246 g/mol. The lowest BCUT2D eigenvalue weighted by Gasteiger charge is -2.07. The van der Waals surface area contributed by atoms with Gasteiger partial charge in [-0.2, -0.15) is 0 Å². The van der Waals surface area contributed by atoms with Gasteiger partial charge in [0, 0.05) is 13.0 Å². The summed E-state index contributed by atoms with van der Waals surface area (Å²) in [6.45, 7) is 12.8. The number of imidazole rings is 1. The Labute approximate surface area is 111 Å². The molecule has 1 aromatic carbocycles. The maximum atomic E-state index is 4.68. The van der Waals surface area contributed by atoms with E-state index in [0.717, 1.165) is 11.3 Å². The van der Waals surface area contributed by atoms with Gasteiger partial charge in [0.15, 0.2) is 0 Å². The first kappa shape index (κ1) is 14.7. The highest BCUT2D eigenvalue weighted by Crippen LogP contribution is 2.24. The average Bonchev–Trinajstić information content (AvgIpc) is 2.69. The van der Waals surface area contributed by atoms with E-state index in [4.69, 9.17) is 0 Å². The minimum Gasteiger partial charge on any atom is -0.331 e. The molecule has 0 aliphatic heterocycles. The second-order valence-corrected chi connectivity index (χ2v) is 5.09. The van der Waals surface area contributed by atoms with E-state index in [1.165, 1.54) is 11.1 Å². The Kier molecular flexibility index (Phi) is 4.94. The molecule has 0 saturated carbocycles. The Morgan fingerprint density at radius 3 is 2.11 bits per heavy atom. The highest BCUT2D eigenvalue weighted by molar-refractivity contribution is 5.77. The van der Waals surface area contributed by atoms with Crippen LogP contribution in [0, 0.1) is 0 Å². The fourth-order valence-electron chi connectivity index (χ4n) is 2.10. The molecule has 100 valence electrons. The molecule has 2 heteroatoms. The molecule has 2 nitrogen and oxygen atoms in total. The largest absolute Gasteiger partial charge is 0.331 e. The zero-order chi connectivity index (χ0) is 13.9. The molecule has 0 spiro atoms. The molecule has 1 aromatic heterocycles. The van der Waals surface area contributed by atoms with Crippen molar-refractivity contribution in [2.75, 3.05) is 0 Å². The number of fused-ring (bicyclic) bond motifs is 1. The molecule has 0 aliphatic rings. The van der Waals surface area contributed by atoms with Gasteiger partial charge in [0.2, 0.25) is 0 Å². The zero-order valence-electron chi connectivity index (χ0n) is 12.8. The zero-order valence-corrected chi connectivity index (χ0v) is 12.8. The quantitative estimate of drug-likeness (QED) is 0.741. The molecule has 0 radical (unpaired) electrons. The van der Waals surface area contributed by atoms with Crippen molar-refractivity contribution in [3.05, 3.63) is 29.6 Å². The second-order valence-electron chi connectivity index (χ2n) is 5.09. The highest BCUT2D eigenvalue weighted by Gasteiger charge is 2.11. The van der Waals surface area contributed by atoms with Crippen molar-refractivity contribution in [2.45, 2.75) is 53.4 Å². The van der Waals surface area contributed by atoms with E-state index in [1.54, 1.807) is 0 Å². The van der Waals surface area contributed by atoms with Gasteiger partial charge in [-0.1, -0.05) is 47.6 Å². The third kappa shape index (κ3) is 2.74. The summed E-state index contributed by atoms with van der Waals surface area (Å²) in [5.41, 5.74) is 3.73. The first-order chi connectivity index (χ1) is 8.50. The normalized spacial score (nSPS) is 10.9. The predicted molar refractivity (Wildman–Crippen MR) is 80.2 cm³/mol. The predicted octanol–water partition coefficient (Wildman–Crippen LogP) is 4.85.